The normalized spacial score (nSPS) is 26.9. The Hall–Kier alpha value is -2.53. The van der Waals surface area contributed by atoms with Crippen molar-refractivity contribution in [1.29, 1.82) is 0 Å². The molecule has 1 amide bonds. The molecule has 1 N–H and O–H groups in total. The highest BCUT2D eigenvalue weighted by Crippen LogP contribution is 2.47. The molecule has 2 aromatic carbocycles. The van der Waals surface area contributed by atoms with Crippen LogP contribution in [0.5, 0.6) is 5.75 Å². The molecule has 34 heavy (non-hydrogen) atoms. The number of benzene rings is 2. The zero-order valence-electron chi connectivity index (χ0n) is 21.2. The molecule has 5 nitrogen and oxygen atoms in total. The Balaban J connectivity index is 1.37. The number of alkyl carbamates (subject to hydrolysis) is 1. The molecule has 0 aromatic heterocycles. The van der Waals surface area contributed by atoms with Gasteiger partial charge < -0.3 is 14.8 Å². The Bertz CT molecular complexity index is 1070. The van der Waals surface area contributed by atoms with Crippen molar-refractivity contribution in [2.45, 2.75) is 65.0 Å². The lowest BCUT2D eigenvalue weighted by atomic mass is 9.85. The Morgan fingerprint density at radius 2 is 1.88 bits per heavy atom. The average molecular weight is 463 g/mol. The number of hydrogen-bond acceptors (Lipinski definition) is 4. The van der Waals surface area contributed by atoms with E-state index in [9.17, 15) is 4.79 Å². The van der Waals surface area contributed by atoms with Crippen LogP contribution in [-0.2, 0) is 11.2 Å². The van der Waals surface area contributed by atoms with Gasteiger partial charge in [-0.05, 0) is 84.0 Å². The summed E-state index contributed by atoms with van der Waals surface area (Å²) in [6.45, 7) is 12.0. The van der Waals surface area contributed by atoms with Crippen LogP contribution in [0.25, 0.3) is 11.1 Å². The lowest BCUT2D eigenvalue weighted by molar-refractivity contribution is -0.0348. The van der Waals surface area contributed by atoms with Crippen molar-refractivity contribution in [2.75, 3.05) is 26.7 Å². The Morgan fingerprint density at radius 1 is 1.12 bits per heavy atom. The van der Waals surface area contributed by atoms with E-state index in [1.807, 2.05) is 0 Å². The first-order valence-electron chi connectivity index (χ1n) is 12.8. The van der Waals surface area contributed by atoms with Gasteiger partial charge in [0, 0.05) is 12.1 Å². The van der Waals surface area contributed by atoms with Crippen molar-refractivity contribution in [3.05, 3.63) is 53.1 Å². The van der Waals surface area contributed by atoms with Crippen LogP contribution in [0.3, 0.4) is 0 Å². The van der Waals surface area contributed by atoms with Crippen LogP contribution in [0.2, 0.25) is 0 Å². The molecule has 4 aliphatic rings. The van der Waals surface area contributed by atoms with Gasteiger partial charge in [0.1, 0.15) is 11.9 Å². The van der Waals surface area contributed by atoms with Gasteiger partial charge >= 0.3 is 6.09 Å². The van der Waals surface area contributed by atoms with E-state index in [1.165, 1.54) is 16.7 Å². The van der Waals surface area contributed by atoms with Crippen LogP contribution in [0.1, 0.15) is 69.2 Å². The highest BCUT2D eigenvalue weighted by Gasteiger charge is 2.42. The monoisotopic (exact) mass is 462 g/mol. The summed E-state index contributed by atoms with van der Waals surface area (Å²) < 4.78 is 11.6. The minimum atomic E-state index is -0.278. The second-order valence-electron chi connectivity index (χ2n) is 11.4. The fourth-order valence-electron chi connectivity index (χ4n) is 6.14. The number of fused-ring (bicyclic) bond motifs is 4. The molecular formula is C29H38N2O3. The SMILES string of the molecule is COc1ccc(C(C)C)cc1-c1ccc2c(c1)CC(C)(C)C2NC(=O)O[C@H]1CN2CCC1CC2. The summed E-state index contributed by atoms with van der Waals surface area (Å²) in [5.41, 5.74) is 5.97. The molecule has 1 aliphatic carbocycles. The Morgan fingerprint density at radius 3 is 2.53 bits per heavy atom. The number of rotatable bonds is 5. The van der Waals surface area contributed by atoms with Crippen molar-refractivity contribution >= 4 is 6.09 Å². The molecule has 3 saturated heterocycles. The molecule has 2 bridgehead atoms. The van der Waals surface area contributed by atoms with Gasteiger partial charge in [0.05, 0.1) is 13.2 Å². The van der Waals surface area contributed by atoms with Crippen LogP contribution in [0, 0.1) is 11.3 Å². The molecule has 0 saturated carbocycles. The third-order valence-electron chi connectivity index (χ3n) is 8.20. The minimum Gasteiger partial charge on any atom is -0.496 e. The fourth-order valence-corrected chi connectivity index (χ4v) is 6.14. The minimum absolute atomic E-state index is 0.0227. The third-order valence-corrected chi connectivity index (χ3v) is 8.20. The van der Waals surface area contributed by atoms with E-state index < -0.39 is 0 Å². The third kappa shape index (κ3) is 4.31. The average Bonchev–Trinajstić information content (AvgIpc) is 3.07. The molecule has 182 valence electrons. The molecular weight excluding hydrogens is 424 g/mol. The smallest absolute Gasteiger partial charge is 0.407 e. The molecule has 0 spiro atoms. The number of carbonyl (C=O) groups excluding carboxylic acids is 1. The van der Waals surface area contributed by atoms with E-state index in [4.69, 9.17) is 9.47 Å². The van der Waals surface area contributed by atoms with Gasteiger partial charge in [-0.25, -0.2) is 4.79 Å². The summed E-state index contributed by atoms with van der Waals surface area (Å²) in [5, 5.41) is 3.23. The molecule has 3 aliphatic heterocycles. The fraction of sp³-hybridized carbons (Fsp3) is 0.552. The first-order chi connectivity index (χ1) is 16.2. The van der Waals surface area contributed by atoms with Crippen LogP contribution in [0.15, 0.2) is 36.4 Å². The van der Waals surface area contributed by atoms with Gasteiger partial charge in [0.25, 0.3) is 0 Å². The maximum absolute atomic E-state index is 12.9. The molecule has 2 atom stereocenters. The first-order valence-corrected chi connectivity index (χ1v) is 12.8. The van der Waals surface area contributed by atoms with Gasteiger partial charge in [-0.15, -0.1) is 0 Å². The number of methoxy groups -OCH3 is 1. The maximum atomic E-state index is 12.9. The molecule has 6 rings (SSSR count). The lowest BCUT2D eigenvalue weighted by Crippen LogP contribution is -2.53. The molecule has 3 fully saturated rings. The van der Waals surface area contributed by atoms with E-state index in [2.05, 4.69) is 74.3 Å². The van der Waals surface area contributed by atoms with Gasteiger partial charge in [-0.2, -0.15) is 0 Å². The van der Waals surface area contributed by atoms with E-state index in [0.717, 1.165) is 55.8 Å². The zero-order valence-corrected chi connectivity index (χ0v) is 21.2. The van der Waals surface area contributed by atoms with Crippen molar-refractivity contribution in [2.24, 2.45) is 11.3 Å². The standard InChI is InChI=1S/C29H38N2O3/c1-18(2)20-7-9-25(33-5)24(15-20)21-6-8-23-22(14-21)16-29(3,4)27(23)30-28(32)34-26-17-31-12-10-19(26)11-13-31/h6-9,14-15,18-19,26-27H,10-13,16-17H2,1-5H3,(H,30,32)/t26-,27?/m0/s1. The van der Waals surface area contributed by atoms with Gasteiger partial charge in [-0.1, -0.05) is 52.0 Å². The maximum Gasteiger partial charge on any atom is 0.407 e. The van der Waals surface area contributed by atoms with Crippen LogP contribution >= 0.6 is 0 Å². The van der Waals surface area contributed by atoms with Crippen molar-refractivity contribution in [1.82, 2.24) is 10.2 Å². The number of nitrogens with one attached hydrogen (secondary N) is 1. The van der Waals surface area contributed by atoms with Gasteiger partial charge in [0.15, 0.2) is 0 Å². The lowest BCUT2D eigenvalue weighted by Gasteiger charge is -2.44. The van der Waals surface area contributed by atoms with E-state index in [1.54, 1.807) is 7.11 Å². The predicted octanol–water partition coefficient (Wildman–Crippen LogP) is 5.93. The molecule has 1 unspecified atom stereocenters. The Kier molecular flexibility index (Phi) is 6.09. The largest absolute Gasteiger partial charge is 0.496 e. The molecule has 5 heteroatoms. The van der Waals surface area contributed by atoms with Crippen LogP contribution < -0.4 is 10.1 Å². The number of nitrogens with zero attached hydrogens (tertiary/aromatic N) is 1. The predicted molar refractivity (Wildman–Crippen MR) is 135 cm³/mol. The van der Waals surface area contributed by atoms with E-state index >= 15 is 0 Å². The van der Waals surface area contributed by atoms with Crippen molar-refractivity contribution < 1.29 is 14.3 Å². The van der Waals surface area contributed by atoms with Crippen molar-refractivity contribution in [3.8, 4) is 16.9 Å². The number of ether oxygens (including phenoxy) is 2. The Labute approximate surface area is 203 Å². The summed E-state index contributed by atoms with van der Waals surface area (Å²) in [7, 11) is 1.73. The summed E-state index contributed by atoms with van der Waals surface area (Å²) in [4.78, 5) is 15.4. The van der Waals surface area contributed by atoms with Crippen molar-refractivity contribution in [3.63, 3.8) is 0 Å². The zero-order chi connectivity index (χ0) is 24.0. The first kappa shape index (κ1) is 23.2. The molecule has 0 radical (unpaired) electrons. The van der Waals surface area contributed by atoms with Gasteiger partial charge in [-0.3, -0.25) is 4.90 Å². The summed E-state index contributed by atoms with van der Waals surface area (Å²) in [6.07, 6.45) is 2.93. The van der Waals surface area contributed by atoms with Gasteiger partial charge in [0.2, 0.25) is 0 Å². The summed E-state index contributed by atoms with van der Waals surface area (Å²) in [5.74, 6) is 1.85. The second kappa shape index (κ2) is 8.92. The number of hydrogen-bond donors (Lipinski definition) is 1. The van der Waals surface area contributed by atoms with Crippen LogP contribution in [0.4, 0.5) is 4.79 Å². The quantitative estimate of drug-likeness (QED) is 0.598. The van der Waals surface area contributed by atoms with E-state index in [0.29, 0.717) is 11.8 Å². The molecule has 2 aromatic rings. The number of piperidine rings is 3. The number of carbonyl (C=O) groups is 1. The topological polar surface area (TPSA) is 50.8 Å². The second-order valence-corrected chi connectivity index (χ2v) is 11.4. The summed E-state index contributed by atoms with van der Waals surface area (Å²) in [6, 6.07) is 13.0. The molecule has 3 heterocycles. The van der Waals surface area contributed by atoms with E-state index in [-0.39, 0.29) is 23.7 Å². The number of amides is 1. The summed E-state index contributed by atoms with van der Waals surface area (Å²) >= 11 is 0. The highest BCUT2D eigenvalue weighted by molar-refractivity contribution is 5.74. The van der Waals surface area contributed by atoms with Crippen LogP contribution in [-0.4, -0.2) is 43.8 Å². The highest BCUT2D eigenvalue weighted by atomic mass is 16.6.